The molecule has 1 atom stereocenters. The number of para-hydroxylation sites is 1. The first-order valence-corrected chi connectivity index (χ1v) is 11.2. The summed E-state index contributed by atoms with van der Waals surface area (Å²) in [5.74, 6) is 2.24. The summed E-state index contributed by atoms with van der Waals surface area (Å²) >= 11 is 1.57. The Morgan fingerprint density at radius 1 is 1.13 bits per heavy atom. The molecule has 0 N–H and O–H groups in total. The average Bonchev–Trinajstić information content (AvgIpc) is 3.18. The van der Waals surface area contributed by atoms with Gasteiger partial charge >= 0.3 is 0 Å². The van der Waals surface area contributed by atoms with E-state index in [0.717, 1.165) is 22.8 Å². The van der Waals surface area contributed by atoms with Gasteiger partial charge in [-0.25, -0.2) is 9.50 Å². The quantitative estimate of drug-likeness (QED) is 0.430. The Balaban J connectivity index is 1.42. The number of hydrogen-bond donors (Lipinski definition) is 0. The third kappa shape index (κ3) is 3.93. The van der Waals surface area contributed by atoms with Crippen molar-refractivity contribution in [1.29, 1.82) is 0 Å². The van der Waals surface area contributed by atoms with Crippen molar-refractivity contribution in [2.45, 2.75) is 36.6 Å². The number of hydrogen-bond acceptors (Lipinski definition) is 6. The molecule has 1 aliphatic carbocycles. The molecule has 6 nitrogen and oxygen atoms in total. The number of Topliss-reactive ketones (excluding diaryl/α,β-unsaturated/α-hetero) is 1. The van der Waals surface area contributed by atoms with Crippen LogP contribution in [0.4, 0.5) is 0 Å². The Morgan fingerprint density at radius 3 is 2.84 bits per heavy atom. The molecule has 0 saturated heterocycles. The van der Waals surface area contributed by atoms with E-state index in [1.807, 2.05) is 24.3 Å². The van der Waals surface area contributed by atoms with Crippen LogP contribution < -0.4 is 4.74 Å². The molecule has 0 aliphatic heterocycles. The minimum absolute atomic E-state index is 0.0455. The molecular formula is C24H22N4O2S. The molecule has 0 fully saturated rings. The zero-order chi connectivity index (χ0) is 21.4. The first kappa shape index (κ1) is 19.8. The molecule has 5 rings (SSSR count). The zero-order valence-electron chi connectivity index (χ0n) is 17.4. The van der Waals surface area contributed by atoms with E-state index in [1.165, 1.54) is 11.1 Å². The number of carbonyl (C=O) groups is 1. The number of aryl methyl sites for hydroxylation is 1. The van der Waals surface area contributed by atoms with Crippen LogP contribution >= 0.6 is 11.8 Å². The van der Waals surface area contributed by atoms with Crippen LogP contribution in [-0.4, -0.2) is 32.5 Å². The topological polar surface area (TPSA) is 69.4 Å². The lowest BCUT2D eigenvalue weighted by atomic mass is 9.82. The lowest BCUT2D eigenvalue weighted by Gasteiger charge is -2.24. The van der Waals surface area contributed by atoms with Crippen LogP contribution in [0.2, 0.25) is 0 Å². The van der Waals surface area contributed by atoms with E-state index >= 15 is 0 Å². The highest BCUT2D eigenvalue weighted by Crippen LogP contribution is 2.36. The normalized spacial score (nSPS) is 15.8. The predicted octanol–water partition coefficient (Wildman–Crippen LogP) is 4.65. The Bertz CT molecular complexity index is 1280. The largest absolute Gasteiger partial charge is 0.496 e. The third-order valence-corrected chi connectivity index (χ3v) is 6.50. The van der Waals surface area contributed by atoms with Crippen molar-refractivity contribution in [3.8, 4) is 5.75 Å². The van der Waals surface area contributed by atoms with Gasteiger partial charge in [0, 0.05) is 24.3 Å². The number of carbonyl (C=O) groups excluding carboxylic acids is 1. The van der Waals surface area contributed by atoms with E-state index in [-0.39, 0.29) is 11.7 Å². The summed E-state index contributed by atoms with van der Waals surface area (Å²) in [6.07, 6.45) is 2.89. The first-order valence-electron chi connectivity index (χ1n) is 10.2. The molecular weight excluding hydrogens is 408 g/mol. The second kappa shape index (κ2) is 8.15. The molecule has 0 bridgehead atoms. The maximum absolute atomic E-state index is 12.9. The van der Waals surface area contributed by atoms with Gasteiger partial charge in [-0.3, -0.25) is 4.79 Å². The van der Waals surface area contributed by atoms with Gasteiger partial charge in [0.05, 0.1) is 18.4 Å². The lowest BCUT2D eigenvalue weighted by molar-refractivity contribution is 0.0962. The van der Waals surface area contributed by atoms with E-state index in [9.17, 15) is 4.79 Å². The van der Waals surface area contributed by atoms with Gasteiger partial charge in [-0.1, -0.05) is 59.8 Å². The van der Waals surface area contributed by atoms with Crippen molar-refractivity contribution in [1.82, 2.24) is 19.6 Å². The fraction of sp³-hybridized carbons (Fsp3) is 0.250. The van der Waals surface area contributed by atoms with Crippen molar-refractivity contribution in [3.05, 3.63) is 82.7 Å². The summed E-state index contributed by atoms with van der Waals surface area (Å²) in [4.78, 5) is 22.2. The molecule has 0 saturated carbocycles. The Labute approximate surface area is 184 Å². The van der Waals surface area contributed by atoms with Crippen molar-refractivity contribution >= 4 is 23.3 Å². The van der Waals surface area contributed by atoms with Crippen molar-refractivity contribution in [2.75, 3.05) is 7.11 Å². The van der Waals surface area contributed by atoms with E-state index in [2.05, 4.69) is 41.3 Å². The fourth-order valence-corrected chi connectivity index (χ4v) is 4.87. The fourth-order valence-electron chi connectivity index (χ4n) is 4.10. The van der Waals surface area contributed by atoms with Crippen LogP contribution in [0.3, 0.4) is 0 Å². The zero-order valence-corrected chi connectivity index (χ0v) is 18.2. The molecule has 0 spiro atoms. The molecule has 2 heterocycles. The van der Waals surface area contributed by atoms with Gasteiger partial charge in [0.25, 0.3) is 5.78 Å². The predicted molar refractivity (Wildman–Crippen MR) is 120 cm³/mol. The number of benzene rings is 2. The summed E-state index contributed by atoms with van der Waals surface area (Å²) < 4.78 is 7.13. The van der Waals surface area contributed by atoms with Crippen LogP contribution in [0, 0.1) is 6.92 Å². The molecule has 1 aliphatic rings. The third-order valence-electron chi connectivity index (χ3n) is 5.59. The number of methoxy groups -OCH3 is 1. The van der Waals surface area contributed by atoms with Gasteiger partial charge < -0.3 is 4.74 Å². The molecule has 2 aromatic heterocycles. The summed E-state index contributed by atoms with van der Waals surface area (Å²) in [5, 5.41) is 5.19. The van der Waals surface area contributed by atoms with Crippen molar-refractivity contribution in [3.63, 3.8) is 0 Å². The first-order chi connectivity index (χ1) is 15.1. The Kier molecular flexibility index (Phi) is 5.19. The van der Waals surface area contributed by atoms with Gasteiger partial charge in [0.2, 0.25) is 5.16 Å². The van der Waals surface area contributed by atoms with Gasteiger partial charge in [0.1, 0.15) is 5.75 Å². The summed E-state index contributed by atoms with van der Waals surface area (Å²) in [7, 11) is 1.66. The van der Waals surface area contributed by atoms with Crippen LogP contribution in [-0.2, 0) is 12.2 Å². The van der Waals surface area contributed by atoms with E-state index < -0.39 is 0 Å². The molecule has 0 amide bonds. The Morgan fingerprint density at radius 2 is 2.00 bits per heavy atom. The van der Waals surface area contributed by atoms with Gasteiger partial charge in [-0.2, -0.15) is 4.98 Å². The number of rotatable bonds is 5. The van der Waals surface area contributed by atoms with E-state index in [4.69, 9.17) is 9.72 Å². The minimum atomic E-state index is 0.0455. The second-order valence-electron chi connectivity index (χ2n) is 7.79. The highest BCUT2D eigenvalue weighted by atomic mass is 32.2. The molecule has 0 radical (unpaired) electrons. The average molecular weight is 431 g/mol. The number of ether oxygens (including phenoxy) is 1. The van der Waals surface area contributed by atoms with E-state index in [0.29, 0.717) is 29.3 Å². The molecule has 156 valence electrons. The number of aromatic nitrogens is 4. The van der Waals surface area contributed by atoms with Crippen LogP contribution in [0.15, 0.2) is 59.9 Å². The standard InChI is InChI=1S/C24H22N4O2S/c1-15-6-5-7-16(10-15)14-31-24-26-23-25-20-11-17(18-8-3-4-9-22(18)30-2)12-21(29)19(20)13-28(23)27-24/h3-10,13,17H,11-12,14H2,1-2H3. The monoisotopic (exact) mass is 430 g/mol. The van der Waals surface area contributed by atoms with Gasteiger partial charge in [0.15, 0.2) is 5.78 Å². The SMILES string of the molecule is COc1ccccc1C1CC(=O)c2cn3nc(SCc4cccc(C)c4)nc3nc2C1. The highest BCUT2D eigenvalue weighted by Gasteiger charge is 2.30. The van der Waals surface area contributed by atoms with Gasteiger partial charge in [-0.15, -0.1) is 5.10 Å². The molecule has 7 heteroatoms. The number of fused-ring (bicyclic) bond motifs is 2. The number of ketones is 1. The number of thioether (sulfide) groups is 1. The summed E-state index contributed by atoms with van der Waals surface area (Å²) in [6.45, 7) is 2.08. The van der Waals surface area contributed by atoms with E-state index in [1.54, 1.807) is 29.6 Å². The maximum atomic E-state index is 12.9. The van der Waals surface area contributed by atoms with Crippen molar-refractivity contribution < 1.29 is 9.53 Å². The molecule has 1 unspecified atom stereocenters. The summed E-state index contributed by atoms with van der Waals surface area (Å²) in [5.41, 5.74) is 4.92. The van der Waals surface area contributed by atoms with Crippen LogP contribution in [0.1, 0.15) is 45.1 Å². The second-order valence-corrected chi connectivity index (χ2v) is 8.73. The van der Waals surface area contributed by atoms with Crippen LogP contribution in [0.25, 0.3) is 5.78 Å². The smallest absolute Gasteiger partial charge is 0.253 e. The molecule has 2 aromatic carbocycles. The van der Waals surface area contributed by atoms with Gasteiger partial charge in [-0.05, 0) is 30.5 Å². The molecule has 4 aromatic rings. The summed E-state index contributed by atoms with van der Waals surface area (Å²) in [6, 6.07) is 16.3. The lowest BCUT2D eigenvalue weighted by Crippen LogP contribution is -2.21. The van der Waals surface area contributed by atoms with Crippen molar-refractivity contribution in [2.24, 2.45) is 0 Å². The van der Waals surface area contributed by atoms with Crippen LogP contribution in [0.5, 0.6) is 5.75 Å². The maximum Gasteiger partial charge on any atom is 0.253 e. The minimum Gasteiger partial charge on any atom is -0.496 e. The highest BCUT2D eigenvalue weighted by molar-refractivity contribution is 7.98. The number of nitrogens with zero attached hydrogens (tertiary/aromatic N) is 4. The molecule has 31 heavy (non-hydrogen) atoms. The Hall–Kier alpha value is -3.19.